The molecule has 2 saturated heterocycles. The Morgan fingerprint density at radius 2 is 1.97 bits per heavy atom. The van der Waals surface area contributed by atoms with Crippen molar-refractivity contribution in [3.8, 4) is 6.07 Å². The van der Waals surface area contributed by atoms with Gasteiger partial charge in [-0.15, -0.1) is 0 Å². The van der Waals surface area contributed by atoms with Gasteiger partial charge >= 0.3 is 6.18 Å². The summed E-state index contributed by atoms with van der Waals surface area (Å²) in [5.74, 6) is -0.128. The van der Waals surface area contributed by atoms with Crippen LogP contribution in [-0.2, 0) is 17.5 Å². The van der Waals surface area contributed by atoms with E-state index >= 15 is 0 Å². The number of halogens is 3. The number of benzene rings is 1. The lowest BCUT2D eigenvalue weighted by Crippen LogP contribution is -2.45. The molecule has 4 rings (SSSR count). The standard InChI is InChI=1S/C24H28F3N5O2/c1-16-9-17(2)32(29-16)13-22(34)31-12-19(14-33)23(15-31)5-7-30(8-6-23)20-4-3-18(11-28)21(10-20)24(25,26)27/h3-4,9-10,19,33H,5-8,12-15H2,1-2H3. The molecule has 2 aliphatic heterocycles. The van der Waals surface area contributed by atoms with Gasteiger partial charge in [0.05, 0.1) is 22.9 Å². The van der Waals surface area contributed by atoms with Crippen LogP contribution in [0.3, 0.4) is 0 Å². The molecule has 0 bridgehead atoms. The molecular formula is C24H28F3N5O2. The van der Waals surface area contributed by atoms with Gasteiger partial charge in [0.15, 0.2) is 0 Å². The second-order valence-electron chi connectivity index (χ2n) is 9.43. The summed E-state index contributed by atoms with van der Waals surface area (Å²) in [7, 11) is 0. The second kappa shape index (κ2) is 8.95. The summed E-state index contributed by atoms with van der Waals surface area (Å²) >= 11 is 0. The molecule has 7 nitrogen and oxygen atoms in total. The van der Waals surface area contributed by atoms with E-state index in [0.29, 0.717) is 44.7 Å². The minimum atomic E-state index is -4.60. The molecule has 182 valence electrons. The largest absolute Gasteiger partial charge is 0.417 e. The first-order valence-corrected chi connectivity index (χ1v) is 11.3. The Hall–Kier alpha value is -3.06. The first-order valence-electron chi connectivity index (χ1n) is 11.3. The van der Waals surface area contributed by atoms with Crippen LogP contribution in [0, 0.1) is 36.5 Å². The molecule has 2 aliphatic rings. The third-order valence-corrected chi connectivity index (χ3v) is 7.33. The third-order valence-electron chi connectivity index (χ3n) is 7.33. The van der Waals surface area contributed by atoms with Crippen LogP contribution in [0.15, 0.2) is 24.3 Å². The van der Waals surface area contributed by atoms with Gasteiger partial charge in [-0.05, 0) is 56.4 Å². The molecule has 0 saturated carbocycles. The number of rotatable bonds is 4. The summed E-state index contributed by atoms with van der Waals surface area (Å²) < 4.78 is 41.8. The highest BCUT2D eigenvalue weighted by molar-refractivity contribution is 5.76. The number of aliphatic hydroxyl groups excluding tert-OH is 1. The molecule has 2 aromatic rings. The van der Waals surface area contributed by atoms with E-state index in [4.69, 9.17) is 5.26 Å². The van der Waals surface area contributed by atoms with Gasteiger partial charge in [0, 0.05) is 50.1 Å². The van der Waals surface area contributed by atoms with Crippen LogP contribution in [0.5, 0.6) is 0 Å². The molecule has 1 unspecified atom stereocenters. The van der Waals surface area contributed by atoms with Crippen molar-refractivity contribution in [1.29, 1.82) is 5.26 Å². The number of nitriles is 1. The summed E-state index contributed by atoms with van der Waals surface area (Å²) in [6.07, 6.45) is -3.29. The maximum absolute atomic E-state index is 13.4. The van der Waals surface area contributed by atoms with E-state index in [1.165, 1.54) is 6.07 Å². The Balaban J connectivity index is 1.46. The second-order valence-corrected chi connectivity index (χ2v) is 9.43. The molecule has 1 aromatic carbocycles. The van der Waals surface area contributed by atoms with Crippen molar-refractivity contribution in [2.45, 2.75) is 39.4 Å². The number of hydrogen-bond donors (Lipinski definition) is 1. The van der Waals surface area contributed by atoms with E-state index in [1.807, 2.05) is 24.8 Å². The SMILES string of the molecule is Cc1cc(C)n(CC(=O)N2CC(CO)C3(CCN(c4ccc(C#N)c(C(F)(F)F)c4)CC3)C2)n1. The Kier molecular flexibility index (Phi) is 6.34. The highest BCUT2D eigenvalue weighted by Gasteiger charge is 2.49. The first-order chi connectivity index (χ1) is 16.1. The lowest BCUT2D eigenvalue weighted by molar-refractivity contribution is -0.137. The van der Waals surface area contributed by atoms with Crippen LogP contribution in [0.1, 0.15) is 35.4 Å². The van der Waals surface area contributed by atoms with Gasteiger partial charge < -0.3 is 14.9 Å². The van der Waals surface area contributed by atoms with Gasteiger partial charge in [-0.1, -0.05) is 0 Å². The zero-order valence-corrected chi connectivity index (χ0v) is 19.3. The third kappa shape index (κ3) is 4.49. The van der Waals surface area contributed by atoms with Crippen molar-refractivity contribution in [1.82, 2.24) is 14.7 Å². The summed E-state index contributed by atoms with van der Waals surface area (Å²) in [5, 5.41) is 23.5. The highest BCUT2D eigenvalue weighted by atomic mass is 19.4. The van der Waals surface area contributed by atoms with Crippen LogP contribution in [-0.4, -0.2) is 58.5 Å². The van der Waals surface area contributed by atoms with Crippen LogP contribution >= 0.6 is 0 Å². The number of piperidine rings is 1. The molecular weight excluding hydrogens is 447 g/mol. The smallest absolute Gasteiger partial charge is 0.396 e. The fourth-order valence-corrected chi connectivity index (χ4v) is 5.38. The normalized spacial score (nSPS) is 20.1. The summed E-state index contributed by atoms with van der Waals surface area (Å²) in [5.41, 5.74) is 0.598. The summed E-state index contributed by atoms with van der Waals surface area (Å²) in [6, 6.07) is 7.33. The van der Waals surface area contributed by atoms with Crippen LogP contribution in [0.25, 0.3) is 0 Å². The Bertz CT molecular complexity index is 1110. The number of hydrogen-bond acceptors (Lipinski definition) is 5. The molecule has 1 spiro atoms. The van der Waals surface area contributed by atoms with Crippen LogP contribution < -0.4 is 4.90 Å². The van der Waals surface area contributed by atoms with Gasteiger partial charge in [-0.25, -0.2) is 0 Å². The molecule has 0 aliphatic carbocycles. The van der Waals surface area contributed by atoms with E-state index in [9.17, 15) is 23.1 Å². The van der Waals surface area contributed by atoms with Crippen molar-refractivity contribution >= 4 is 11.6 Å². The molecule has 1 N–H and O–H groups in total. The average Bonchev–Trinajstić information content (AvgIpc) is 3.31. The molecule has 1 amide bonds. The summed E-state index contributed by atoms with van der Waals surface area (Å²) in [4.78, 5) is 16.7. The lowest BCUT2D eigenvalue weighted by atomic mass is 9.71. The van der Waals surface area contributed by atoms with Crippen molar-refractivity contribution in [2.24, 2.45) is 11.3 Å². The van der Waals surface area contributed by atoms with E-state index in [0.717, 1.165) is 17.5 Å². The van der Waals surface area contributed by atoms with Gasteiger partial charge in [-0.2, -0.15) is 23.5 Å². The fourth-order valence-electron chi connectivity index (χ4n) is 5.38. The maximum Gasteiger partial charge on any atom is 0.417 e. The minimum Gasteiger partial charge on any atom is -0.396 e. The monoisotopic (exact) mass is 475 g/mol. The molecule has 2 fully saturated rings. The number of alkyl halides is 3. The van der Waals surface area contributed by atoms with E-state index < -0.39 is 17.3 Å². The number of carbonyl (C=O) groups is 1. The number of aryl methyl sites for hydroxylation is 2. The lowest BCUT2D eigenvalue weighted by Gasteiger charge is -2.43. The van der Waals surface area contributed by atoms with Crippen molar-refractivity contribution in [3.05, 3.63) is 46.8 Å². The topological polar surface area (TPSA) is 85.4 Å². The van der Waals surface area contributed by atoms with Crippen molar-refractivity contribution < 1.29 is 23.1 Å². The Morgan fingerprint density at radius 3 is 2.53 bits per heavy atom. The molecule has 10 heteroatoms. The van der Waals surface area contributed by atoms with E-state index in [1.54, 1.807) is 21.7 Å². The van der Waals surface area contributed by atoms with Gasteiger partial charge in [-0.3, -0.25) is 9.48 Å². The quantitative estimate of drug-likeness (QED) is 0.735. The van der Waals surface area contributed by atoms with E-state index in [-0.39, 0.29) is 30.4 Å². The molecule has 0 radical (unpaired) electrons. The number of aromatic nitrogens is 2. The maximum atomic E-state index is 13.4. The number of likely N-dealkylation sites (tertiary alicyclic amines) is 1. The number of carbonyl (C=O) groups excluding carboxylic acids is 1. The number of aliphatic hydroxyl groups is 1. The highest BCUT2D eigenvalue weighted by Crippen LogP contribution is 2.45. The molecule has 1 aromatic heterocycles. The zero-order valence-electron chi connectivity index (χ0n) is 19.3. The predicted octanol–water partition coefficient (Wildman–Crippen LogP) is 3.13. The van der Waals surface area contributed by atoms with Gasteiger partial charge in [0.1, 0.15) is 6.54 Å². The minimum absolute atomic E-state index is 0.0429. The Labute approximate surface area is 196 Å². The van der Waals surface area contributed by atoms with Crippen molar-refractivity contribution in [2.75, 3.05) is 37.7 Å². The molecule has 3 heterocycles. The first kappa shape index (κ1) is 24.1. The van der Waals surface area contributed by atoms with E-state index in [2.05, 4.69) is 5.10 Å². The molecule has 34 heavy (non-hydrogen) atoms. The van der Waals surface area contributed by atoms with Crippen molar-refractivity contribution in [3.63, 3.8) is 0 Å². The van der Waals surface area contributed by atoms with Gasteiger partial charge in [0.25, 0.3) is 0 Å². The predicted molar refractivity (Wildman–Crippen MR) is 119 cm³/mol. The molecule has 1 atom stereocenters. The number of amides is 1. The zero-order chi connectivity index (χ0) is 24.7. The number of nitrogens with zero attached hydrogens (tertiary/aromatic N) is 5. The Morgan fingerprint density at radius 1 is 1.26 bits per heavy atom. The van der Waals surface area contributed by atoms with Crippen LogP contribution in [0.2, 0.25) is 0 Å². The van der Waals surface area contributed by atoms with Crippen LogP contribution in [0.4, 0.5) is 18.9 Å². The number of anilines is 1. The fraction of sp³-hybridized carbons (Fsp3) is 0.542. The summed E-state index contributed by atoms with van der Waals surface area (Å²) in [6.45, 7) is 5.88. The average molecular weight is 476 g/mol. The van der Waals surface area contributed by atoms with Gasteiger partial charge in [0.2, 0.25) is 5.91 Å².